The molecule has 1 aliphatic heterocycles. The van der Waals surface area contributed by atoms with Crippen molar-refractivity contribution in [3.05, 3.63) is 35.6 Å². The molecule has 1 aromatic heterocycles. The van der Waals surface area contributed by atoms with Crippen LogP contribution in [0.25, 0.3) is 11.0 Å². The van der Waals surface area contributed by atoms with Crippen LogP contribution in [0.3, 0.4) is 0 Å². The molecular formula is C20H25NO6. The van der Waals surface area contributed by atoms with Crippen molar-refractivity contribution in [2.75, 3.05) is 26.3 Å². The van der Waals surface area contributed by atoms with Gasteiger partial charge in [-0.05, 0) is 26.8 Å². The summed E-state index contributed by atoms with van der Waals surface area (Å²) in [5.41, 5.74) is 1.22. The first kappa shape index (κ1) is 19.4. The summed E-state index contributed by atoms with van der Waals surface area (Å²) in [5, 5.41) is 0.804. The van der Waals surface area contributed by atoms with Crippen LogP contribution >= 0.6 is 0 Å². The van der Waals surface area contributed by atoms with E-state index in [4.69, 9.17) is 18.6 Å². The van der Waals surface area contributed by atoms with E-state index in [-0.39, 0.29) is 37.1 Å². The number of carbonyl (C=O) groups excluding carboxylic acids is 2. The van der Waals surface area contributed by atoms with Crippen molar-refractivity contribution in [1.29, 1.82) is 0 Å². The largest absolute Gasteiger partial charge is 0.450 e. The van der Waals surface area contributed by atoms with Gasteiger partial charge in [-0.25, -0.2) is 4.79 Å². The van der Waals surface area contributed by atoms with Crippen LogP contribution in [0.15, 0.2) is 28.7 Å². The number of amides is 1. The van der Waals surface area contributed by atoms with E-state index in [0.717, 1.165) is 5.39 Å². The quantitative estimate of drug-likeness (QED) is 0.723. The Balaban J connectivity index is 1.71. The number of nitrogens with zero attached hydrogens (tertiary/aromatic N) is 1. The molecule has 7 heteroatoms. The SMILES string of the molecule is CC(C)OCc1c(C(=O)OCC(=O)N2CCOC(C)C2)oc2ccccc12. The summed E-state index contributed by atoms with van der Waals surface area (Å²) in [7, 11) is 0. The third kappa shape index (κ3) is 4.67. The van der Waals surface area contributed by atoms with Gasteiger partial charge in [-0.1, -0.05) is 18.2 Å². The molecule has 0 saturated carbocycles. The number of carbonyl (C=O) groups is 2. The molecule has 0 radical (unpaired) electrons. The first-order chi connectivity index (χ1) is 13.0. The van der Waals surface area contributed by atoms with Crippen LogP contribution in [-0.4, -0.2) is 55.3 Å². The molecule has 1 aliphatic rings. The van der Waals surface area contributed by atoms with Crippen LogP contribution in [0.1, 0.15) is 36.9 Å². The maximum absolute atomic E-state index is 12.6. The summed E-state index contributed by atoms with van der Waals surface area (Å²) < 4.78 is 22.0. The average molecular weight is 375 g/mol. The van der Waals surface area contributed by atoms with Crippen LogP contribution in [-0.2, 0) is 25.6 Å². The molecule has 27 heavy (non-hydrogen) atoms. The highest BCUT2D eigenvalue weighted by molar-refractivity contribution is 5.96. The van der Waals surface area contributed by atoms with Gasteiger partial charge in [0.25, 0.3) is 5.91 Å². The molecule has 7 nitrogen and oxygen atoms in total. The van der Waals surface area contributed by atoms with E-state index < -0.39 is 5.97 Å². The molecule has 2 heterocycles. The predicted octanol–water partition coefficient (Wildman–Crippen LogP) is 2.76. The first-order valence-corrected chi connectivity index (χ1v) is 9.14. The van der Waals surface area contributed by atoms with Gasteiger partial charge in [0.1, 0.15) is 5.58 Å². The maximum Gasteiger partial charge on any atom is 0.375 e. The molecule has 1 aromatic carbocycles. The number of rotatable bonds is 6. The average Bonchev–Trinajstić information content (AvgIpc) is 3.03. The third-order valence-corrected chi connectivity index (χ3v) is 4.37. The topological polar surface area (TPSA) is 78.2 Å². The van der Waals surface area contributed by atoms with E-state index in [9.17, 15) is 9.59 Å². The van der Waals surface area contributed by atoms with Gasteiger partial charge in [-0.2, -0.15) is 0 Å². The number of ether oxygens (including phenoxy) is 3. The number of hydrogen-bond donors (Lipinski definition) is 0. The summed E-state index contributed by atoms with van der Waals surface area (Å²) in [4.78, 5) is 26.5. The number of furan rings is 1. The van der Waals surface area contributed by atoms with E-state index in [1.807, 2.05) is 39.0 Å². The number of benzene rings is 1. The highest BCUT2D eigenvalue weighted by Crippen LogP contribution is 2.27. The van der Waals surface area contributed by atoms with Crippen molar-refractivity contribution in [2.24, 2.45) is 0 Å². The zero-order valence-corrected chi connectivity index (χ0v) is 15.9. The summed E-state index contributed by atoms with van der Waals surface area (Å²) in [6.45, 7) is 7.13. The number of hydrogen-bond acceptors (Lipinski definition) is 6. The third-order valence-electron chi connectivity index (χ3n) is 4.37. The Kier molecular flexibility index (Phi) is 6.13. The summed E-state index contributed by atoms with van der Waals surface area (Å²) >= 11 is 0. The number of morpholine rings is 1. The monoisotopic (exact) mass is 375 g/mol. The lowest BCUT2D eigenvalue weighted by Crippen LogP contribution is -2.46. The van der Waals surface area contributed by atoms with Crippen LogP contribution in [0.5, 0.6) is 0 Å². The highest BCUT2D eigenvalue weighted by atomic mass is 16.5. The predicted molar refractivity (Wildman–Crippen MR) is 98.4 cm³/mol. The molecule has 0 bridgehead atoms. The second-order valence-electron chi connectivity index (χ2n) is 6.86. The van der Waals surface area contributed by atoms with E-state index in [1.165, 1.54) is 0 Å². The zero-order chi connectivity index (χ0) is 19.4. The van der Waals surface area contributed by atoms with Crippen molar-refractivity contribution in [3.63, 3.8) is 0 Å². The number of fused-ring (bicyclic) bond motifs is 1. The fourth-order valence-electron chi connectivity index (χ4n) is 2.99. The lowest BCUT2D eigenvalue weighted by molar-refractivity contribution is -0.141. The summed E-state index contributed by atoms with van der Waals surface area (Å²) in [6, 6.07) is 7.35. The van der Waals surface area contributed by atoms with E-state index in [0.29, 0.717) is 30.8 Å². The van der Waals surface area contributed by atoms with Gasteiger partial charge in [-0.3, -0.25) is 4.79 Å². The second-order valence-corrected chi connectivity index (χ2v) is 6.86. The van der Waals surface area contributed by atoms with Crippen molar-refractivity contribution < 1.29 is 28.2 Å². The van der Waals surface area contributed by atoms with Crippen molar-refractivity contribution in [3.8, 4) is 0 Å². The molecule has 3 rings (SSSR count). The molecule has 1 unspecified atom stereocenters. The standard InChI is InChI=1S/C20H25NO6/c1-13(2)25-11-16-15-6-4-5-7-17(15)27-19(16)20(23)26-12-18(22)21-8-9-24-14(3)10-21/h4-7,13-14H,8-12H2,1-3H3. The lowest BCUT2D eigenvalue weighted by Gasteiger charge is -2.30. The minimum absolute atomic E-state index is 0.00687. The second kappa shape index (κ2) is 8.54. The minimum atomic E-state index is -0.664. The smallest absolute Gasteiger partial charge is 0.375 e. The zero-order valence-electron chi connectivity index (χ0n) is 15.9. The maximum atomic E-state index is 12.6. The van der Waals surface area contributed by atoms with E-state index in [1.54, 1.807) is 11.0 Å². The normalized spacial score (nSPS) is 17.5. The van der Waals surface area contributed by atoms with Crippen LogP contribution in [0.2, 0.25) is 0 Å². The molecule has 0 spiro atoms. The highest BCUT2D eigenvalue weighted by Gasteiger charge is 2.25. The molecular weight excluding hydrogens is 350 g/mol. The van der Waals surface area contributed by atoms with Gasteiger partial charge in [-0.15, -0.1) is 0 Å². The van der Waals surface area contributed by atoms with Gasteiger partial charge >= 0.3 is 5.97 Å². The Morgan fingerprint density at radius 2 is 2.07 bits per heavy atom. The Morgan fingerprint density at radius 3 is 2.81 bits per heavy atom. The minimum Gasteiger partial charge on any atom is -0.450 e. The Morgan fingerprint density at radius 1 is 1.30 bits per heavy atom. The molecule has 1 amide bonds. The van der Waals surface area contributed by atoms with Crippen LogP contribution in [0, 0.1) is 0 Å². The van der Waals surface area contributed by atoms with Crippen molar-refractivity contribution >= 4 is 22.8 Å². The lowest BCUT2D eigenvalue weighted by atomic mass is 10.1. The van der Waals surface area contributed by atoms with Gasteiger partial charge in [0, 0.05) is 24.0 Å². The van der Waals surface area contributed by atoms with E-state index >= 15 is 0 Å². The molecule has 0 N–H and O–H groups in total. The van der Waals surface area contributed by atoms with Gasteiger partial charge in [0.15, 0.2) is 6.61 Å². The Bertz CT molecular complexity index is 812. The molecule has 0 aliphatic carbocycles. The number of para-hydroxylation sites is 1. The molecule has 146 valence electrons. The number of esters is 1. The van der Waals surface area contributed by atoms with Crippen LogP contribution in [0.4, 0.5) is 0 Å². The fraction of sp³-hybridized carbons (Fsp3) is 0.500. The Labute approximate surface area is 158 Å². The molecule has 2 aromatic rings. The van der Waals surface area contributed by atoms with Gasteiger partial charge < -0.3 is 23.5 Å². The van der Waals surface area contributed by atoms with Crippen LogP contribution < -0.4 is 0 Å². The first-order valence-electron chi connectivity index (χ1n) is 9.14. The summed E-state index contributed by atoms with van der Waals surface area (Å²) in [6.07, 6.45) is -0.0130. The summed E-state index contributed by atoms with van der Waals surface area (Å²) in [5.74, 6) is -0.821. The Hall–Kier alpha value is -2.38. The molecule has 1 saturated heterocycles. The van der Waals surface area contributed by atoms with Crippen molar-refractivity contribution in [1.82, 2.24) is 4.90 Å². The van der Waals surface area contributed by atoms with Crippen molar-refractivity contribution in [2.45, 2.75) is 39.6 Å². The van der Waals surface area contributed by atoms with Gasteiger partial charge in [0.2, 0.25) is 5.76 Å². The molecule has 1 atom stereocenters. The van der Waals surface area contributed by atoms with E-state index in [2.05, 4.69) is 0 Å². The molecule has 1 fully saturated rings. The van der Waals surface area contributed by atoms with Gasteiger partial charge in [0.05, 0.1) is 25.4 Å². The fourth-order valence-corrected chi connectivity index (χ4v) is 2.99.